The van der Waals surface area contributed by atoms with Gasteiger partial charge in [-0.1, -0.05) is 0 Å². The highest BCUT2D eigenvalue weighted by Gasteiger charge is 2.63. The van der Waals surface area contributed by atoms with Crippen molar-refractivity contribution < 1.29 is 31.9 Å². The molecule has 190 valence electrons. The fraction of sp³-hybridized carbons (Fsp3) is 0.522. The van der Waals surface area contributed by atoms with Crippen molar-refractivity contribution >= 4 is 29.2 Å². The zero-order chi connectivity index (χ0) is 25.5. The Bertz CT molecular complexity index is 1330. The number of ether oxygens (including phenoxy) is 1. The summed E-state index contributed by atoms with van der Waals surface area (Å²) in [7, 11) is 0. The highest BCUT2D eigenvalue weighted by Crippen LogP contribution is 2.56. The minimum absolute atomic E-state index is 0.0301. The van der Waals surface area contributed by atoms with Crippen LogP contribution in [-0.4, -0.2) is 72.8 Å². The second-order valence-electron chi connectivity index (χ2n) is 10.0. The zero-order valence-electron chi connectivity index (χ0n) is 19.2. The van der Waals surface area contributed by atoms with Crippen LogP contribution < -0.4 is 4.74 Å². The van der Waals surface area contributed by atoms with Crippen LogP contribution in [0.15, 0.2) is 29.3 Å². The number of aromatic amines is 1. The molecule has 2 bridgehead atoms. The zero-order valence-corrected chi connectivity index (χ0v) is 19.2. The first-order valence-electron chi connectivity index (χ1n) is 11.6. The predicted octanol–water partition coefficient (Wildman–Crippen LogP) is 3.73. The number of dihydropyridines is 1. The van der Waals surface area contributed by atoms with Crippen molar-refractivity contribution in [1.82, 2.24) is 24.8 Å². The number of carbonyl (C=O) groups excluding carboxylic acids is 2. The smallest absolute Gasteiger partial charge is 0.397 e. The second-order valence-corrected chi connectivity index (χ2v) is 10.0. The molecule has 2 aromatic rings. The van der Waals surface area contributed by atoms with E-state index in [2.05, 4.69) is 19.9 Å². The van der Waals surface area contributed by atoms with Crippen molar-refractivity contribution in [2.75, 3.05) is 6.54 Å². The van der Waals surface area contributed by atoms with Crippen molar-refractivity contribution in [2.45, 2.75) is 62.4 Å². The highest BCUT2D eigenvalue weighted by molar-refractivity contribution is 6.06. The van der Waals surface area contributed by atoms with Crippen molar-refractivity contribution in [3.05, 3.63) is 30.1 Å². The number of carbonyl (C=O) groups is 2. The molecule has 2 aromatic heterocycles. The maximum atomic E-state index is 14.3. The van der Waals surface area contributed by atoms with E-state index in [1.54, 1.807) is 0 Å². The van der Waals surface area contributed by atoms with Crippen molar-refractivity contribution in [1.29, 1.82) is 0 Å². The predicted molar refractivity (Wildman–Crippen MR) is 118 cm³/mol. The lowest BCUT2D eigenvalue weighted by Crippen LogP contribution is -2.50. The average Bonchev–Trinajstić information content (AvgIpc) is 3.55. The van der Waals surface area contributed by atoms with Crippen molar-refractivity contribution in [3.63, 3.8) is 0 Å². The third-order valence-electron chi connectivity index (χ3n) is 7.88. The number of aliphatic imine (C=N–C) groups is 1. The molecule has 2 aliphatic heterocycles. The third-order valence-corrected chi connectivity index (χ3v) is 7.88. The molecule has 6 rings (SSSR count). The molecular weight excluding hydrogens is 484 g/mol. The quantitative estimate of drug-likeness (QED) is 0.503. The van der Waals surface area contributed by atoms with E-state index in [0.717, 1.165) is 11.0 Å². The minimum Gasteiger partial charge on any atom is -0.470 e. The summed E-state index contributed by atoms with van der Waals surface area (Å²) in [5.41, 5.74) is -1.31. The van der Waals surface area contributed by atoms with Gasteiger partial charge in [0.2, 0.25) is 5.88 Å². The van der Waals surface area contributed by atoms with Gasteiger partial charge < -0.3 is 9.72 Å². The van der Waals surface area contributed by atoms with Crippen LogP contribution in [-0.2, 0) is 4.79 Å². The molecule has 1 N–H and O–H groups in total. The number of rotatable bonds is 4. The van der Waals surface area contributed by atoms with E-state index in [9.17, 15) is 27.2 Å². The first-order chi connectivity index (χ1) is 17.0. The van der Waals surface area contributed by atoms with Gasteiger partial charge in [-0.2, -0.15) is 13.2 Å². The van der Waals surface area contributed by atoms with Gasteiger partial charge in [0.05, 0.1) is 23.2 Å². The van der Waals surface area contributed by atoms with Crippen molar-refractivity contribution in [2.24, 2.45) is 10.9 Å². The SMILES string of the molecule is CC1N=CC(N2CC(=O)N(C34CCC(Oc5ncnc6[nH]cc(F)c56)(CC3)C4)C2=O)=CC1C(F)(F)F. The Morgan fingerprint density at radius 1 is 1.17 bits per heavy atom. The number of fused-ring (bicyclic) bond motifs is 3. The third kappa shape index (κ3) is 3.31. The number of aromatic nitrogens is 3. The van der Waals surface area contributed by atoms with Gasteiger partial charge in [-0.15, -0.1) is 0 Å². The van der Waals surface area contributed by atoms with Gasteiger partial charge in [0.25, 0.3) is 5.91 Å². The number of alkyl halides is 3. The molecule has 2 saturated carbocycles. The normalized spacial score (nSPS) is 32.2. The number of nitrogens with zero attached hydrogens (tertiary/aromatic N) is 5. The monoisotopic (exact) mass is 506 g/mol. The van der Waals surface area contributed by atoms with Gasteiger partial charge in [0.1, 0.15) is 29.5 Å². The summed E-state index contributed by atoms with van der Waals surface area (Å²) in [5.74, 6) is -2.78. The number of hydrogen-bond acceptors (Lipinski definition) is 6. The molecule has 0 radical (unpaired) electrons. The number of urea groups is 1. The van der Waals surface area contributed by atoms with Crippen molar-refractivity contribution in [3.8, 4) is 5.88 Å². The van der Waals surface area contributed by atoms with Crippen LogP contribution in [0.1, 0.15) is 39.0 Å². The van der Waals surface area contributed by atoms with Crippen LogP contribution in [0.25, 0.3) is 11.0 Å². The molecule has 1 saturated heterocycles. The second kappa shape index (κ2) is 7.50. The first kappa shape index (κ1) is 22.9. The minimum atomic E-state index is -4.52. The topological polar surface area (TPSA) is 104 Å². The molecular formula is C23H22F4N6O3. The maximum absolute atomic E-state index is 14.3. The van der Waals surface area contributed by atoms with E-state index in [1.165, 1.54) is 30.6 Å². The molecule has 3 fully saturated rings. The van der Waals surface area contributed by atoms with Crippen LogP contribution >= 0.6 is 0 Å². The van der Waals surface area contributed by atoms with E-state index in [4.69, 9.17) is 4.74 Å². The standard InChI is InChI=1S/C23H22F4N6O3/c1-12-14(23(25,26)27)6-13(7-28-12)32-9-16(34)33(20(32)35)21-2-4-22(10-21,5-3-21)36-19-17-15(24)8-29-18(17)30-11-31-19/h6-8,11-12,14H,2-5,9-10H2,1H3,(H,29,30,31). The first-order valence-corrected chi connectivity index (χ1v) is 11.6. The Morgan fingerprint density at radius 2 is 1.92 bits per heavy atom. The van der Waals surface area contributed by atoms with Gasteiger partial charge in [-0.05, 0) is 38.7 Å². The summed E-state index contributed by atoms with van der Waals surface area (Å²) in [4.78, 5) is 43.4. The van der Waals surface area contributed by atoms with Crippen LogP contribution in [0.3, 0.4) is 0 Å². The largest absolute Gasteiger partial charge is 0.470 e. The van der Waals surface area contributed by atoms with E-state index >= 15 is 0 Å². The average molecular weight is 506 g/mol. The Labute approximate surface area is 202 Å². The van der Waals surface area contributed by atoms with E-state index in [0.29, 0.717) is 37.8 Å². The lowest BCUT2D eigenvalue weighted by Gasteiger charge is -2.35. The Kier molecular flexibility index (Phi) is 4.77. The van der Waals surface area contributed by atoms with Crippen LogP contribution in [0.4, 0.5) is 22.4 Å². The summed E-state index contributed by atoms with van der Waals surface area (Å²) >= 11 is 0. The van der Waals surface area contributed by atoms with Gasteiger partial charge >= 0.3 is 12.2 Å². The number of H-pyrrole nitrogens is 1. The molecule has 3 amide bonds. The molecule has 4 heterocycles. The Hall–Kier alpha value is -3.51. The number of nitrogens with one attached hydrogen (secondary N) is 1. The van der Waals surface area contributed by atoms with E-state index in [-0.39, 0.29) is 23.5 Å². The summed E-state index contributed by atoms with van der Waals surface area (Å²) in [6, 6.07) is -1.68. The molecule has 4 aliphatic rings. The number of amides is 3. The number of hydrogen-bond donors (Lipinski definition) is 1. The van der Waals surface area contributed by atoms with E-state index in [1.807, 2.05) is 0 Å². The highest BCUT2D eigenvalue weighted by atomic mass is 19.4. The number of allylic oxidation sites excluding steroid dienone is 1. The molecule has 2 aliphatic carbocycles. The molecule has 2 atom stereocenters. The summed E-state index contributed by atoms with van der Waals surface area (Å²) in [6.07, 6.45) is 2.40. The number of halogens is 4. The summed E-state index contributed by atoms with van der Waals surface area (Å²) in [6.45, 7) is 0.998. The van der Waals surface area contributed by atoms with Crippen LogP contribution in [0.5, 0.6) is 5.88 Å². The molecule has 9 nitrogen and oxygen atoms in total. The summed E-state index contributed by atoms with van der Waals surface area (Å²) in [5, 5.41) is 0.132. The summed E-state index contributed by atoms with van der Waals surface area (Å²) < 4.78 is 60.9. The Balaban J connectivity index is 1.25. The molecule has 36 heavy (non-hydrogen) atoms. The van der Waals surface area contributed by atoms with Gasteiger partial charge in [0.15, 0.2) is 5.82 Å². The molecule has 0 spiro atoms. The van der Waals surface area contributed by atoms with Gasteiger partial charge in [-0.3, -0.25) is 19.6 Å². The molecule has 2 unspecified atom stereocenters. The van der Waals surface area contributed by atoms with Gasteiger partial charge in [0, 0.05) is 18.8 Å². The lowest BCUT2D eigenvalue weighted by atomic mass is 9.91. The number of imide groups is 1. The lowest BCUT2D eigenvalue weighted by molar-refractivity contribution is -0.165. The molecule has 0 aromatic carbocycles. The fourth-order valence-corrected chi connectivity index (χ4v) is 6.10. The van der Waals surface area contributed by atoms with Crippen LogP contribution in [0.2, 0.25) is 0 Å². The fourth-order valence-electron chi connectivity index (χ4n) is 6.10. The van der Waals surface area contributed by atoms with E-state index < -0.39 is 47.0 Å². The molecule has 13 heteroatoms. The van der Waals surface area contributed by atoms with Crippen LogP contribution in [0, 0.1) is 11.7 Å². The van der Waals surface area contributed by atoms with Gasteiger partial charge in [-0.25, -0.2) is 19.2 Å². The maximum Gasteiger partial charge on any atom is 0.397 e. The Morgan fingerprint density at radius 3 is 2.64 bits per heavy atom.